The van der Waals surface area contributed by atoms with Crippen LogP contribution in [0, 0.1) is 6.92 Å². The van der Waals surface area contributed by atoms with Crippen LogP contribution in [0.2, 0.25) is 0 Å². The van der Waals surface area contributed by atoms with Gasteiger partial charge in [0.25, 0.3) is 10.0 Å². The average molecular weight is 370 g/mol. The van der Waals surface area contributed by atoms with E-state index >= 15 is 0 Å². The van der Waals surface area contributed by atoms with Crippen molar-refractivity contribution < 1.29 is 12.8 Å². The Morgan fingerprint density at radius 2 is 1.73 bits per heavy atom. The van der Waals surface area contributed by atoms with Crippen molar-refractivity contribution in [1.29, 1.82) is 0 Å². The van der Waals surface area contributed by atoms with E-state index in [0.717, 1.165) is 18.4 Å². The molecule has 0 unspecified atom stereocenters. The molecule has 0 N–H and O–H groups in total. The Bertz CT molecular complexity index is 948. The number of hydrogen-bond donors (Lipinski definition) is 0. The number of nitrogens with zero attached hydrogens (tertiary/aromatic N) is 2. The van der Waals surface area contributed by atoms with E-state index in [1.807, 2.05) is 37.3 Å². The number of oxazole rings is 1. The van der Waals surface area contributed by atoms with Gasteiger partial charge in [-0.05, 0) is 30.7 Å². The van der Waals surface area contributed by atoms with Crippen molar-refractivity contribution in [1.82, 2.24) is 4.98 Å². The van der Waals surface area contributed by atoms with Crippen LogP contribution in [0.5, 0.6) is 0 Å². The standard InChI is InChI=1S/C20H22N2O3S/c1-3-4-14-22(18-8-6-5-7-9-18)26(23,24)19-12-10-17(11-13-19)20-15-25-16(2)21-20/h5-13,15H,3-4,14H2,1-2H3. The summed E-state index contributed by atoms with van der Waals surface area (Å²) in [6.07, 6.45) is 3.28. The molecule has 136 valence electrons. The normalized spacial score (nSPS) is 11.5. The van der Waals surface area contributed by atoms with Crippen molar-refractivity contribution in [3.8, 4) is 11.3 Å². The maximum atomic E-state index is 13.2. The first kappa shape index (κ1) is 18.2. The van der Waals surface area contributed by atoms with Gasteiger partial charge in [-0.1, -0.05) is 43.7 Å². The maximum absolute atomic E-state index is 13.2. The molecular weight excluding hydrogens is 348 g/mol. The van der Waals surface area contributed by atoms with Crippen LogP contribution in [0.25, 0.3) is 11.3 Å². The predicted octanol–water partition coefficient (Wildman–Crippen LogP) is 4.65. The third-order valence-corrected chi connectivity index (χ3v) is 5.96. The van der Waals surface area contributed by atoms with Crippen molar-refractivity contribution in [2.45, 2.75) is 31.6 Å². The molecule has 0 radical (unpaired) electrons. The molecule has 26 heavy (non-hydrogen) atoms. The highest BCUT2D eigenvalue weighted by molar-refractivity contribution is 7.92. The van der Waals surface area contributed by atoms with Crippen molar-refractivity contribution >= 4 is 15.7 Å². The fraction of sp³-hybridized carbons (Fsp3) is 0.250. The molecule has 0 saturated carbocycles. The second kappa shape index (κ2) is 7.74. The van der Waals surface area contributed by atoms with Gasteiger partial charge in [-0.3, -0.25) is 4.31 Å². The lowest BCUT2D eigenvalue weighted by Gasteiger charge is -2.24. The molecule has 0 bridgehead atoms. The number of anilines is 1. The molecule has 1 heterocycles. The lowest BCUT2D eigenvalue weighted by molar-refractivity contribution is 0.521. The zero-order chi connectivity index (χ0) is 18.6. The van der Waals surface area contributed by atoms with Gasteiger partial charge in [0.15, 0.2) is 5.89 Å². The molecule has 0 aliphatic heterocycles. The Labute approximate surface area is 154 Å². The van der Waals surface area contributed by atoms with E-state index in [-0.39, 0.29) is 4.90 Å². The van der Waals surface area contributed by atoms with E-state index in [2.05, 4.69) is 4.98 Å². The van der Waals surface area contributed by atoms with Crippen molar-refractivity contribution in [3.63, 3.8) is 0 Å². The topological polar surface area (TPSA) is 63.4 Å². The number of aryl methyl sites for hydroxylation is 1. The summed E-state index contributed by atoms with van der Waals surface area (Å²) in [5.41, 5.74) is 2.19. The molecule has 0 aliphatic rings. The number of benzene rings is 2. The van der Waals surface area contributed by atoms with Crippen LogP contribution in [0.3, 0.4) is 0 Å². The molecule has 3 rings (SSSR count). The highest BCUT2D eigenvalue weighted by atomic mass is 32.2. The van der Waals surface area contributed by atoms with Crippen LogP contribution in [0.4, 0.5) is 5.69 Å². The van der Waals surface area contributed by atoms with Gasteiger partial charge in [0.1, 0.15) is 12.0 Å². The van der Waals surface area contributed by atoms with Gasteiger partial charge >= 0.3 is 0 Å². The first-order valence-electron chi connectivity index (χ1n) is 8.62. The minimum Gasteiger partial charge on any atom is -0.449 e. The summed E-state index contributed by atoms with van der Waals surface area (Å²) in [6.45, 7) is 4.27. The molecule has 1 aromatic heterocycles. The molecule has 0 atom stereocenters. The van der Waals surface area contributed by atoms with Gasteiger partial charge in [-0.15, -0.1) is 0 Å². The van der Waals surface area contributed by atoms with Crippen molar-refractivity contribution in [2.24, 2.45) is 0 Å². The summed E-state index contributed by atoms with van der Waals surface area (Å²) in [5, 5.41) is 0. The largest absolute Gasteiger partial charge is 0.449 e. The highest BCUT2D eigenvalue weighted by Gasteiger charge is 2.24. The molecule has 5 nitrogen and oxygen atoms in total. The van der Waals surface area contributed by atoms with E-state index in [9.17, 15) is 8.42 Å². The minimum absolute atomic E-state index is 0.265. The molecule has 0 saturated heterocycles. The van der Waals surface area contributed by atoms with Crippen LogP contribution in [0.15, 0.2) is 70.2 Å². The summed E-state index contributed by atoms with van der Waals surface area (Å²) in [6, 6.07) is 16.0. The molecule has 3 aromatic rings. The van der Waals surface area contributed by atoms with Gasteiger partial charge in [0.05, 0.1) is 10.6 Å². The van der Waals surface area contributed by atoms with Crippen LogP contribution >= 0.6 is 0 Å². The maximum Gasteiger partial charge on any atom is 0.264 e. The first-order valence-corrected chi connectivity index (χ1v) is 10.1. The Hall–Kier alpha value is -2.60. The molecule has 0 spiro atoms. The lowest BCUT2D eigenvalue weighted by Crippen LogP contribution is -2.32. The molecule has 6 heteroatoms. The Kier molecular flexibility index (Phi) is 5.42. The molecule has 0 amide bonds. The van der Waals surface area contributed by atoms with Gasteiger partial charge in [-0.25, -0.2) is 13.4 Å². The quantitative estimate of drug-likeness (QED) is 0.607. The van der Waals surface area contributed by atoms with Gasteiger partial charge in [0, 0.05) is 19.0 Å². The SMILES string of the molecule is CCCCN(c1ccccc1)S(=O)(=O)c1ccc(-c2coc(C)n2)cc1. The number of rotatable bonds is 7. The van der Waals surface area contributed by atoms with Gasteiger partial charge in [-0.2, -0.15) is 0 Å². The Morgan fingerprint density at radius 1 is 1.04 bits per heavy atom. The summed E-state index contributed by atoms with van der Waals surface area (Å²) >= 11 is 0. The number of sulfonamides is 1. The van der Waals surface area contributed by atoms with Gasteiger partial charge in [0.2, 0.25) is 0 Å². The van der Waals surface area contributed by atoms with E-state index in [1.165, 1.54) is 4.31 Å². The van der Waals surface area contributed by atoms with Crippen LogP contribution in [-0.4, -0.2) is 19.9 Å². The molecule has 0 aliphatic carbocycles. The summed E-state index contributed by atoms with van der Waals surface area (Å²) in [5.74, 6) is 0.575. The average Bonchev–Trinajstić information content (AvgIpc) is 3.09. The molecule has 0 fully saturated rings. The second-order valence-electron chi connectivity index (χ2n) is 6.04. The smallest absolute Gasteiger partial charge is 0.264 e. The lowest BCUT2D eigenvalue weighted by atomic mass is 10.2. The van der Waals surface area contributed by atoms with Crippen LogP contribution in [0.1, 0.15) is 25.7 Å². The predicted molar refractivity (Wildman–Crippen MR) is 103 cm³/mol. The van der Waals surface area contributed by atoms with Crippen molar-refractivity contribution in [3.05, 3.63) is 66.8 Å². The van der Waals surface area contributed by atoms with Crippen LogP contribution < -0.4 is 4.31 Å². The molecule has 2 aromatic carbocycles. The van der Waals surface area contributed by atoms with E-state index in [0.29, 0.717) is 23.8 Å². The Balaban J connectivity index is 1.94. The van der Waals surface area contributed by atoms with Gasteiger partial charge < -0.3 is 4.42 Å². The summed E-state index contributed by atoms with van der Waals surface area (Å²) in [4.78, 5) is 4.53. The third-order valence-electron chi connectivity index (χ3n) is 4.12. The van der Waals surface area contributed by atoms with E-state index in [4.69, 9.17) is 4.42 Å². The van der Waals surface area contributed by atoms with Crippen molar-refractivity contribution in [2.75, 3.05) is 10.8 Å². The fourth-order valence-corrected chi connectivity index (χ4v) is 4.21. The fourth-order valence-electron chi connectivity index (χ4n) is 2.70. The number of para-hydroxylation sites is 1. The number of aromatic nitrogens is 1. The summed E-state index contributed by atoms with van der Waals surface area (Å²) in [7, 11) is -3.63. The Morgan fingerprint density at radius 3 is 2.31 bits per heavy atom. The van der Waals surface area contributed by atoms with Crippen LogP contribution in [-0.2, 0) is 10.0 Å². The number of hydrogen-bond acceptors (Lipinski definition) is 4. The van der Waals surface area contributed by atoms with E-state index < -0.39 is 10.0 Å². The zero-order valence-electron chi connectivity index (χ0n) is 14.9. The first-order chi connectivity index (χ1) is 12.5. The zero-order valence-corrected chi connectivity index (χ0v) is 15.7. The third kappa shape index (κ3) is 3.80. The molecular formula is C20H22N2O3S. The highest BCUT2D eigenvalue weighted by Crippen LogP contribution is 2.26. The monoisotopic (exact) mass is 370 g/mol. The van der Waals surface area contributed by atoms with E-state index in [1.54, 1.807) is 37.5 Å². The summed E-state index contributed by atoms with van der Waals surface area (Å²) < 4.78 is 33.1. The number of unbranched alkanes of at least 4 members (excludes halogenated alkanes) is 1. The second-order valence-corrected chi connectivity index (χ2v) is 7.90. The minimum atomic E-state index is -3.63.